The molecule has 8 aromatic rings. The first-order valence-electron chi connectivity index (χ1n) is 23.4. The van der Waals surface area contributed by atoms with Crippen molar-refractivity contribution in [3.8, 4) is 67.5 Å². The molecule has 0 saturated heterocycles. The summed E-state index contributed by atoms with van der Waals surface area (Å²) in [5.41, 5.74) is 9.96. The molecule has 6 aromatic carbocycles. The Bertz CT molecular complexity index is 3120. The second-order valence-corrected chi connectivity index (χ2v) is 16.3. The number of benzene rings is 6. The molecule has 284 valence electrons. The highest BCUT2D eigenvalue weighted by Gasteiger charge is 2.25. The second-order valence-electron chi connectivity index (χ2n) is 16.3. The topological polar surface area (TPSA) is 50.9 Å². The molecule has 2 heterocycles. The number of nitrogens with zero attached hydrogens (tertiary/aromatic N) is 3. The van der Waals surface area contributed by atoms with Crippen molar-refractivity contribution in [3.05, 3.63) is 168 Å². The van der Waals surface area contributed by atoms with E-state index in [-0.39, 0.29) is 46.2 Å². The van der Waals surface area contributed by atoms with Gasteiger partial charge in [-0.2, -0.15) is 0 Å². The van der Waals surface area contributed by atoms with E-state index in [2.05, 4.69) is 46.8 Å². The molecule has 0 unspecified atom stereocenters. The molecular formula is C53H51N3O. The molecule has 0 spiro atoms. The number of hydrogen-bond acceptors (Lipinski definition) is 3. The zero-order valence-corrected chi connectivity index (χ0v) is 33.4. The minimum Gasteiger partial charge on any atom is -0.507 e. The number of aryl methyl sites for hydroxylation is 1. The van der Waals surface area contributed by atoms with Gasteiger partial charge in [-0.25, -0.2) is 4.98 Å². The Balaban J connectivity index is 1.41. The van der Waals surface area contributed by atoms with E-state index in [0.717, 1.165) is 38.9 Å². The van der Waals surface area contributed by atoms with Crippen molar-refractivity contribution in [1.82, 2.24) is 14.5 Å². The lowest BCUT2D eigenvalue weighted by Crippen LogP contribution is -2.11. The van der Waals surface area contributed by atoms with Gasteiger partial charge >= 0.3 is 0 Å². The van der Waals surface area contributed by atoms with Gasteiger partial charge in [0.15, 0.2) is 0 Å². The molecule has 0 radical (unpaired) electrons. The van der Waals surface area contributed by atoms with Crippen molar-refractivity contribution in [2.24, 2.45) is 0 Å². The predicted octanol–water partition coefficient (Wildman–Crippen LogP) is 14.3. The van der Waals surface area contributed by atoms with Gasteiger partial charge in [0.25, 0.3) is 0 Å². The first-order chi connectivity index (χ1) is 30.6. The maximum atomic E-state index is 12.1. The number of aromatic nitrogens is 3. The number of fused-ring (bicyclic) bond motifs is 1. The third kappa shape index (κ3) is 7.29. The molecule has 0 bridgehead atoms. The Morgan fingerprint density at radius 2 is 1.44 bits per heavy atom. The highest BCUT2D eigenvalue weighted by atomic mass is 16.3. The summed E-state index contributed by atoms with van der Waals surface area (Å²) < 4.78 is 70.0. The minimum absolute atomic E-state index is 0.000634. The molecule has 0 saturated carbocycles. The number of rotatable bonds is 8. The Hall–Kier alpha value is -6.26. The Kier molecular flexibility index (Phi) is 7.65. The van der Waals surface area contributed by atoms with Gasteiger partial charge in [-0.15, -0.1) is 0 Å². The third-order valence-corrected chi connectivity index (χ3v) is 10.7. The fourth-order valence-electron chi connectivity index (χ4n) is 7.44. The Labute approximate surface area is 348 Å². The lowest BCUT2D eigenvalue weighted by Gasteiger charge is -2.22. The Morgan fingerprint density at radius 1 is 0.667 bits per heavy atom. The van der Waals surface area contributed by atoms with Crippen LogP contribution in [0.5, 0.6) is 5.75 Å². The number of phenolic OH excluding ortho intramolecular Hbond substituents is 1. The number of imidazole rings is 1. The maximum Gasteiger partial charge on any atom is 0.149 e. The van der Waals surface area contributed by atoms with Crippen LogP contribution in [0.4, 0.5) is 0 Å². The molecule has 0 aliphatic heterocycles. The van der Waals surface area contributed by atoms with Crippen molar-refractivity contribution < 1.29 is 16.1 Å². The lowest BCUT2D eigenvalue weighted by atomic mass is 9.83. The highest BCUT2D eigenvalue weighted by molar-refractivity contribution is 5.97. The van der Waals surface area contributed by atoms with Crippen LogP contribution >= 0.6 is 0 Å². The van der Waals surface area contributed by atoms with Crippen LogP contribution in [0.15, 0.2) is 146 Å². The predicted molar refractivity (Wildman–Crippen MR) is 239 cm³/mol. The molecular weight excluding hydrogens is 695 g/mol. The molecule has 8 rings (SSSR count). The van der Waals surface area contributed by atoms with E-state index in [1.165, 1.54) is 0 Å². The van der Waals surface area contributed by atoms with Crippen LogP contribution in [0.25, 0.3) is 72.7 Å². The first kappa shape index (κ1) is 29.0. The van der Waals surface area contributed by atoms with Crippen LogP contribution in [0.2, 0.25) is 0 Å². The molecule has 0 fully saturated rings. The quantitative estimate of drug-likeness (QED) is 0.168. The smallest absolute Gasteiger partial charge is 0.149 e. The normalized spacial score (nSPS) is 14.1. The van der Waals surface area contributed by atoms with Gasteiger partial charge < -0.3 is 5.11 Å². The van der Waals surface area contributed by atoms with Crippen LogP contribution in [0.3, 0.4) is 0 Å². The molecule has 0 atom stereocenters. The lowest BCUT2D eigenvalue weighted by molar-refractivity contribution is 0.466. The zero-order chi connectivity index (χ0) is 46.9. The highest BCUT2D eigenvalue weighted by Crippen LogP contribution is 2.43. The Morgan fingerprint density at radius 3 is 2.16 bits per heavy atom. The number of pyridine rings is 1. The van der Waals surface area contributed by atoms with Crippen molar-refractivity contribution in [2.45, 2.75) is 72.6 Å². The zero-order valence-electron chi connectivity index (χ0n) is 41.4. The first-order valence-corrected chi connectivity index (χ1v) is 19.4. The fourth-order valence-corrected chi connectivity index (χ4v) is 7.44. The minimum atomic E-state index is -2.45. The van der Waals surface area contributed by atoms with Gasteiger partial charge in [0.1, 0.15) is 11.6 Å². The molecule has 0 aliphatic carbocycles. The molecule has 4 heteroatoms. The average Bonchev–Trinajstić information content (AvgIpc) is 3.66. The average molecular weight is 754 g/mol. The third-order valence-electron chi connectivity index (χ3n) is 10.7. The second kappa shape index (κ2) is 15.0. The van der Waals surface area contributed by atoms with Crippen LogP contribution in [0, 0.1) is 6.85 Å². The van der Waals surface area contributed by atoms with Gasteiger partial charge in [-0.05, 0) is 123 Å². The van der Waals surface area contributed by atoms with Gasteiger partial charge in [-0.1, -0.05) is 139 Å². The fraction of sp³-hybridized carbons (Fsp3) is 0.208. The number of para-hydroxylation sites is 1. The molecule has 57 heavy (non-hydrogen) atoms. The van der Waals surface area contributed by atoms with E-state index in [1.54, 1.807) is 24.4 Å². The summed E-state index contributed by atoms with van der Waals surface area (Å²) in [6.07, 6.45) is 1.59. The van der Waals surface area contributed by atoms with Crippen molar-refractivity contribution in [1.29, 1.82) is 0 Å². The van der Waals surface area contributed by atoms with Crippen LogP contribution < -0.4 is 0 Å². The van der Waals surface area contributed by atoms with Crippen molar-refractivity contribution >= 4 is 11.0 Å². The van der Waals surface area contributed by atoms with Crippen LogP contribution in [-0.2, 0) is 5.41 Å². The summed E-state index contributed by atoms with van der Waals surface area (Å²) in [7, 11) is 0. The summed E-state index contributed by atoms with van der Waals surface area (Å²) >= 11 is 0. The number of hydrogen-bond donors (Lipinski definition) is 1. The van der Waals surface area contributed by atoms with Gasteiger partial charge in [-0.3, -0.25) is 9.55 Å². The number of phenols is 1. The summed E-state index contributed by atoms with van der Waals surface area (Å²) in [6, 6.07) is 32.7. The monoisotopic (exact) mass is 753 g/mol. The van der Waals surface area contributed by atoms with E-state index >= 15 is 0 Å². The molecule has 1 N–H and O–H groups in total. The summed E-state index contributed by atoms with van der Waals surface area (Å²) in [4.78, 5) is 10.2. The standard InChI is InChI=1S/C53H51N3O/c1-33(2)39-30-46(34(3)4)51(57)47(31-39)52-55-50-45(20-15-21-49(50)56(52)43-22-23-44(35(5)26-43)37-18-13-10-14-19-37)40-27-41(29-42(28-40)53(6,7)8)48-32-38(24-25-54-48)36-16-11-9-12-17-36/h9-34,57H,1-8H3/i5D3,9D,11D,12D,16D,17D. The maximum absolute atomic E-state index is 12.1. The van der Waals surface area contributed by atoms with Crippen molar-refractivity contribution in [3.63, 3.8) is 0 Å². The van der Waals surface area contributed by atoms with Gasteiger partial charge in [0, 0.05) is 27.1 Å². The summed E-state index contributed by atoms with van der Waals surface area (Å²) in [6.45, 7) is 12.2. The van der Waals surface area contributed by atoms with Crippen LogP contribution in [0.1, 0.15) is 93.5 Å². The largest absolute Gasteiger partial charge is 0.507 e. The molecule has 2 aromatic heterocycles. The van der Waals surface area contributed by atoms with E-state index in [0.29, 0.717) is 44.9 Å². The summed E-state index contributed by atoms with van der Waals surface area (Å²) in [5.74, 6) is 0.707. The van der Waals surface area contributed by atoms with E-state index < -0.39 is 25.0 Å². The van der Waals surface area contributed by atoms with E-state index in [9.17, 15) is 5.11 Å². The van der Waals surface area contributed by atoms with Gasteiger partial charge in [0.05, 0.1) is 29.1 Å². The van der Waals surface area contributed by atoms with E-state index in [1.807, 2.05) is 97.3 Å². The summed E-state index contributed by atoms with van der Waals surface area (Å²) in [5, 5.41) is 12.1. The van der Waals surface area contributed by atoms with Gasteiger partial charge in [0.2, 0.25) is 0 Å². The SMILES string of the molecule is [2H]c1c([2H])c([2H])c(-c2ccnc(-c3cc(-c4cccc5c4nc(-c4cc(C(C)C)cc(C(C)C)c4O)n5-c4ccc(-c5ccccc5)c(C([2H])([2H])[2H])c4)cc(C(C)(C)C)c3)c2)c([2H])c1[2H]. The van der Waals surface area contributed by atoms with Crippen LogP contribution in [-0.4, -0.2) is 19.6 Å². The molecule has 0 amide bonds. The van der Waals surface area contributed by atoms with Crippen molar-refractivity contribution in [2.75, 3.05) is 0 Å². The molecule has 4 nitrogen and oxygen atoms in total. The number of aromatic hydroxyl groups is 1. The molecule has 0 aliphatic rings. The van der Waals surface area contributed by atoms with E-state index in [4.69, 9.17) is 20.9 Å².